The van der Waals surface area contributed by atoms with Gasteiger partial charge in [-0.25, -0.2) is 0 Å². The molecule has 1 saturated carbocycles. The normalized spacial score (nSPS) is 16.3. The average molecular weight is 391 g/mol. The Balaban J connectivity index is 1.51. The fraction of sp³-hybridized carbons (Fsp3) is 0.550. The van der Waals surface area contributed by atoms with Gasteiger partial charge in [-0.2, -0.15) is 22.1 Å². The van der Waals surface area contributed by atoms with Gasteiger partial charge in [0.1, 0.15) is 0 Å². The number of hydrogen-bond donors (Lipinski definition) is 1. The Labute approximate surface area is 162 Å². The van der Waals surface area contributed by atoms with E-state index in [0.29, 0.717) is 6.54 Å². The molecule has 6 nitrogen and oxygen atoms in total. The van der Waals surface area contributed by atoms with E-state index in [1.807, 2.05) is 36.4 Å². The number of nitrogens with one attached hydrogen (secondary N) is 1. The first kappa shape index (κ1) is 20.0. The Bertz CT molecular complexity index is 814. The lowest BCUT2D eigenvalue weighted by Crippen LogP contribution is -2.46. The number of benzene rings is 1. The molecule has 1 N–H and O–H groups in total. The molecule has 0 atom stereocenters. The molecule has 0 spiro atoms. The van der Waals surface area contributed by atoms with Crippen molar-refractivity contribution in [2.75, 3.05) is 20.6 Å². The molecule has 0 aliphatic heterocycles. The van der Waals surface area contributed by atoms with Crippen LogP contribution in [-0.4, -0.2) is 53.9 Å². The summed E-state index contributed by atoms with van der Waals surface area (Å²) in [6.07, 6.45) is 6.93. The van der Waals surface area contributed by atoms with Gasteiger partial charge in [0, 0.05) is 37.9 Å². The maximum absolute atomic E-state index is 12.8. The number of rotatable bonds is 8. The lowest BCUT2D eigenvalue weighted by molar-refractivity contribution is 0.268. The van der Waals surface area contributed by atoms with Crippen LogP contribution in [0.15, 0.2) is 36.4 Å². The molecule has 148 valence electrons. The van der Waals surface area contributed by atoms with Crippen molar-refractivity contribution in [2.45, 2.75) is 51.0 Å². The number of nitrogens with zero attached hydrogens (tertiary/aromatic N) is 3. The van der Waals surface area contributed by atoms with Crippen LogP contribution in [0, 0.1) is 0 Å². The Hall–Kier alpha value is -1.70. The summed E-state index contributed by atoms with van der Waals surface area (Å²) >= 11 is 0. The molecular formula is C20H30N4O2S. The van der Waals surface area contributed by atoms with Crippen molar-refractivity contribution in [3.05, 3.63) is 42.1 Å². The van der Waals surface area contributed by atoms with Gasteiger partial charge in [-0.15, -0.1) is 0 Å². The van der Waals surface area contributed by atoms with Gasteiger partial charge >= 0.3 is 0 Å². The fourth-order valence-corrected chi connectivity index (χ4v) is 5.09. The van der Waals surface area contributed by atoms with Gasteiger partial charge in [0.15, 0.2) is 0 Å². The van der Waals surface area contributed by atoms with Crippen molar-refractivity contribution >= 4 is 10.2 Å². The van der Waals surface area contributed by atoms with Crippen LogP contribution in [0.2, 0.25) is 0 Å². The summed E-state index contributed by atoms with van der Waals surface area (Å²) in [5.41, 5.74) is 3.03. The third-order valence-electron chi connectivity index (χ3n) is 5.47. The molecule has 1 aromatic heterocycles. The zero-order chi connectivity index (χ0) is 19.3. The largest absolute Gasteiger partial charge is 0.282 e. The first-order valence-corrected chi connectivity index (χ1v) is 11.2. The van der Waals surface area contributed by atoms with E-state index in [9.17, 15) is 8.42 Å². The first-order valence-electron chi connectivity index (χ1n) is 9.77. The van der Waals surface area contributed by atoms with Crippen LogP contribution in [0.5, 0.6) is 0 Å². The molecule has 0 radical (unpaired) electrons. The minimum absolute atomic E-state index is 0.146. The van der Waals surface area contributed by atoms with Crippen molar-refractivity contribution in [3.8, 4) is 11.3 Å². The molecule has 0 saturated heterocycles. The van der Waals surface area contributed by atoms with Gasteiger partial charge in [0.2, 0.25) is 0 Å². The smallest absolute Gasteiger partial charge is 0.281 e. The van der Waals surface area contributed by atoms with Crippen molar-refractivity contribution < 1.29 is 8.42 Å². The van der Waals surface area contributed by atoms with Crippen LogP contribution in [0.25, 0.3) is 11.3 Å². The van der Waals surface area contributed by atoms with Crippen molar-refractivity contribution in [1.29, 1.82) is 0 Å². The second-order valence-corrected chi connectivity index (χ2v) is 9.48. The van der Waals surface area contributed by atoms with E-state index in [2.05, 4.69) is 10.2 Å². The number of aromatic amines is 1. The van der Waals surface area contributed by atoms with E-state index in [4.69, 9.17) is 0 Å². The maximum atomic E-state index is 12.8. The van der Waals surface area contributed by atoms with Gasteiger partial charge in [-0.05, 0) is 31.7 Å². The van der Waals surface area contributed by atoms with E-state index in [1.165, 1.54) is 10.7 Å². The van der Waals surface area contributed by atoms with E-state index in [1.54, 1.807) is 18.4 Å². The highest BCUT2D eigenvalue weighted by Gasteiger charge is 2.30. The van der Waals surface area contributed by atoms with E-state index in [-0.39, 0.29) is 6.04 Å². The van der Waals surface area contributed by atoms with Crippen LogP contribution >= 0.6 is 0 Å². The van der Waals surface area contributed by atoms with Crippen LogP contribution in [0.4, 0.5) is 0 Å². The molecule has 0 amide bonds. The molecule has 1 aromatic carbocycles. The highest BCUT2D eigenvalue weighted by atomic mass is 32.2. The molecule has 1 aliphatic carbocycles. The quantitative estimate of drug-likeness (QED) is 0.750. The molecule has 1 aliphatic rings. The lowest BCUT2D eigenvalue weighted by atomic mass is 9.96. The maximum Gasteiger partial charge on any atom is 0.281 e. The lowest BCUT2D eigenvalue weighted by Gasteiger charge is -2.33. The molecule has 3 rings (SSSR count). The summed E-state index contributed by atoms with van der Waals surface area (Å²) in [6.45, 7) is 0.499. The number of aryl methyl sites for hydroxylation is 1. The molecule has 0 bridgehead atoms. The molecule has 7 heteroatoms. The Morgan fingerprint density at radius 3 is 2.52 bits per heavy atom. The SMILES string of the molecule is CN(CCCc1cc(-c2ccccc2)n[nH]1)S(=O)(=O)N(C)C1CCCCC1. The summed E-state index contributed by atoms with van der Waals surface area (Å²) in [6, 6.07) is 12.2. The summed E-state index contributed by atoms with van der Waals surface area (Å²) < 4.78 is 28.6. The molecule has 2 aromatic rings. The minimum Gasteiger partial charge on any atom is -0.282 e. The van der Waals surface area contributed by atoms with Crippen molar-refractivity contribution in [2.24, 2.45) is 0 Å². The van der Waals surface area contributed by atoms with E-state index >= 15 is 0 Å². The molecular weight excluding hydrogens is 360 g/mol. The van der Waals surface area contributed by atoms with Gasteiger partial charge < -0.3 is 0 Å². The van der Waals surface area contributed by atoms with Crippen LogP contribution in [0.1, 0.15) is 44.2 Å². The third kappa shape index (κ3) is 4.97. The monoisotopic (exact) mass is 390 g/mol. The number of aromatic nitrogens is 2. The average Bonchev–Trinajstić information content (AvgIpc) is 3.17. The van der Waals surface area contributed by atoms with Crippen molar-refractivity contribution in [3.63, 3.8) is 0 Å². The predicted molar refractivity (Wildman–Crippen MR) is 109 cm³/mol. The summed E-state index contributed by atoms with van der Waals surface area (Å²) in [5, 5.41) is 7.42. The van der Waals surface area contributed by atoms with Gasteiger partial charge in [0.25, 0.3) is 10.2 Å². The van der Waals surface area contributed by atoms with Gasteiger partial charge in [-0.1, -0.05) is 49.6 Å². The fourth-order valence-electron chi connectivity index (χ4n) is 3.71. The summed E-state index contributed by atoms with van der Waals surface area (Å²) in [7, 11) is 0.0127. The van der Waals surface area contributed by atoms with Crippen molar-refractivity contribution in [1.82, 2.24) is 18.8 Å². The first-order chi connectivity index (χ1) is 13.0. The predicted octanol–water partition coefficient (Wildman–Crippen LogP) is 3.45. The highest BCUT2D eigenvalue weighted by Crippen LogP contribution is 2.24. The van der Waals surface area contributed by atoms with E-state index < -0.39 is 10.2 Å². The number of H-pyrrole nitrogens is 1. The third-order valence-corrected chi connectivity index (χ3v) is 7.46. The van der Waals surface area contributed by atoms with Gasteiger partial charge in [0.05, 0.1) is 5.69 Å². The summed E-state index contributed by atoms with van der Waals surface area (Å²) in [5.74, 6) is 0. The zero-order valence-electron chi connectivity index (χ0n) is 16.3. The Morgan fingerprint density at radius 2 is 1.81 bits per heavy atom. The number of hydrogen-bond acceptors (Lipinski definition) is 3. The van der Waals surface area contributed by atoms with Crippen LogP contribution in [-0.2, 0) is 16.6 Å². The standard InChI is InChI=1S/C20H30N4O2S/c1-23(27(25,26)24(2)19-13-7-4-8-14-19)15-9-12-18-16-20(22-21-18)17-10-5-3-6-11-17/h3,5-6,10-11,16,19H,4,7-9,12-15H2,1-2H3,(H,21,22). The molecule has 1 fully saturated rings. The van der Waals surface area contributed by atoms with Crippen LogP contribution in [0.3, 0.4) is 0 Å². The second kappa shape index (κ2) is 8.99. The Kier molecular flexibility index (Phi) is 6.68. The Morgan fingerprint density at radius 1 is 1.11 bits per heavy atom. The molecule has 1 heterocycles. The summed E-state index contributed by atoms with van der Waals surface area (Å²) in [4.78, 5) is 0. The van der Waals surface area contributed by atoms with Crippen LogP contribution < -0.4 is 0 Å². The molecule has 27 heavy (non-hydrogen) atoms. The topological polar surface area (TPSA) is 69.3 Å². The van der Waals surface area contributed by atoms with E-state index in [0.717, 1.165) is 55.5 Å². The second-order valence-electron chi connectivity index (χ2n) is 7.39. The minimum atomic E-state index is -3.39. The molecule has 0 unspecified atom stereocenters. The highest BCUT2D eigenvalue weighted by molar-refractivity contribution is 7.86. The van der Waals surface area contributed by atoms with Gasteiger partial charge in [-0.3, -0.25) is 5.10 Å². The zero-order valence-corrected chi connectivity index (χ0v) is 17.1.